The van der Waals surface area contributed by atoms with Crippen molar-refractivity contribution in [1.82, 2.24) is 0 Å². The summed E-state index contributed by atoms with van der Waals surface area (Å²) >= 11 is -4.09. The third-order valence-corrected chi connectivity index (χ3v) is 24.9. The fraction of sp³-hybridized carbons (Fsp3) is 0.105. The molecule has 4 aromatic rings. The van der Waals surface area contributed by atoms with Crippen molar-refractivity contribution >= 4 is 40.0 Å². The van der Waals surface area contributed by atoms with Gasteiger partial charge in [-0.2, -0.15) is 0 Å². The molecule has 0 aromatic heterocycles. The van der Waals surface area contributed by atoms with Gasteiger partial charge in [0, 0.05) is 0 Å². The summed E-state index contributed by atoms with van der Waals surface area (Å²) in [4.78, 5) is 0. The number of hydrogen-bond acceptors (Lipinski definition) is 0. The molecule has 0 radical (unpaired) electrons. The van der Waals surface area contributed by atoms with Crippen molar-refractivity contribution in [3.63, 3.8) is 0 Å². The zero-order chi connectivity index (χ0) is 27.1. The quantitative estimate of drug-likeness (QED) is 0.156. The van der Waals surface area contributed by atoms with Gasteiger partial charge in [-0.15, -0.1) is 24.8 Å². The van der Waals surface area contributed by atoms with Gasteiger partial charge in [0.2, 0.25) is 0 Å². The molecule has 0 saturated carbocycles. The number of fused-ring (bicyclic) bond motifs is 6. The average Bonchev–Trinajstić information content (AvgIpc) is 3.82. The average molecular weight is 919 g/mol. The predicted molar refractivity (Wildman–Crippen MR) is 181 cm³/mol. The Balaban J connectivity index is 0.000000160. The van der Waals surface area contributed by atoms with Crippen molar-refractivity contribution in [2.24, 2.45) is 0 Å². The summed E-state index contributed by atoms with van der Waals surface area (Å²) < 4.78 is 15.8. The van der Waals surface area contributed by atoms with Gasteiger partial charge >= 0.3 is 255 Å². The van der Waals surface area contributed by atoms with E-state index in [0.717, 1.165) is 25.7 Å². The zero-order valence-corrected chi connectivity index (χ0v) is 32.4. The molecule has 0 heterocycles. The molecule has 4 aromatic carbocycles. The van der Waals surface area contributed by atoms with E-state index in [1.807, 2.05) is 0 Å². The standard InChI is InChI=1S/2C13H9.2C5H5.2CH2.2ClH.2Hf/c2*1-3-7-12-10(5-1)9-11-6-2-4-8-13(11)12;2*1-2-4-5-3-1;;;;;;/h2*1-5,7-8H,9H2;2*1-3H,4H2;2*1H2;2*1H;;. The Morgan fingerprint density at radius 2 is 0.881 bits per heavy atom. The van der Waals surface area contributed by atoms with E-state index in [9.17, 15) is 0 Å². The molecule has 208 valence electrons. The first-order valence-corrected chi connectivity index (χ1v) is 26.5. The second-order valence-corrected chi connectivity index (χ2v) is 26.3. The van der Waals surface area contributed by atoms with E-state index in [4.69, 9.17) is 0 Å². The van der Waals surface area contributed by atoms with Gasteiger partial charge in [-0.1, -0.05) is 0 Å². The molecule has 4 aliphatic carbocycles. The maximum atomic E-state index is 4.64. The van der Waals surface area contributed by atoms with E-state index >= 15 is 0 Å². The molecule has 8 rings (SSSR count). The van der Waals surface area contributed by atoms with Crippen LogP contribution in [0.25, 0.3) is 22.3 Å². The molecule has 42 heavy (non-hydrogen) atoms. The normalized spacial score (nSPS) is 14.2. The Bertz CT molecular complexity index is 1700. The molecule has 0 unspecified atom stereocenters. The Labute approximate surface area is 277 Å². The van der Waals surface area contributed by atoms with Crippen molar-refractivity contribution in [3.05, 3.63) is 150 Å². The van der Waals surface area contributed by atoms with Crippen molar-refractivity contribution in [2.75, 3.05) is 0 Å². The summed E-state index contributed by atoms with van der Waals surface area (Å²) in [6, 6.07) is 31.4. The van der Waals surface area contributed by atoms with Gasteiger partial charge in [0.15, 0.2) is 0 Å². The summed E-state index contributed by atoms with van der Waals surface area (Å²) in [6.45, 7) is 0. The molecular formula is C38H34Cl2Hf2. The van der Waals surface area contributed by atoms with Crippen molar-refractivity contribution in [2.45, 2.75) is 25.7 Å². The van der Waals surface area contributed by atoms with Gasteiger partial charge in [0.25, 0.3) is 0 Å². The maximum absolute atomic E-state index is 4.64. The van der Waals surface area contributed by atoms with Crippen LogP contribution in [0.3, 0.4) is 0 Å². The van der Waals surface area contributed by atoms with Gasteiger partial charge < -0.3 is 0 Å². The number of allylic oxidation sites excluding steroid dienone is 8. The molecule has 0 fully saturated rings. The van der Waals surface area contributed by atoms with Crippen LogP contribution in [0.15, 0.2) is 128 Å². The number of benzene rings is 4. The van der Waals surface area contributed by atoms with Crippen LogP contribution in [0, 0.1) is 0 Å². The van der Waals surface area contributed by atoms with Crippen LogP contribution >= 0.6 is 24.8 Å². The molecule has 0 bridgehead atoms. The van der Waals surface area contributed by atoms with Crippen LogP contribution in [0.5, 0.6) is 0 Å². The first-order valence-electron chi connectivity index (χ1n) is 14.2. The van der Waals surface area contributed by atoms with Crippen LogP contribution in [-0.4, -0.2) is 8.52 Å². The number of hydrogen-bond donors (Lipinski definition) is 0. The van der Waals surface area contributed by atoms with E-state index in [1.54, 1.807) is 24.4 Å². The third-order valence-electron chi connectivity index (χ3n) is 8.67. The minimum absolute atomic E-state index is 0. The van der Waals surface area contributed by atoms with Crippen LogP contribution in [0.4, 0.5) is 0 Å². The SMILES string of the molecule is Cl.Cl.[CH2]=[Hf]([C]1=CC=CC1)[c]1cccc2c1Cc1ccccc1-2.[CH2]=[Hf]([C]1=CC=CC1)[c]1cccc2c1Cc1ccccc1-2. The van der Waals surface area contributed by atoms with Gasteiger partial charge in [-0.25, -0.2) is 0 Å². The Morgan fingerprint density at radius 3 is 1.29 bits per heavy atom. The van der Waals surface area contributed by atoms with E-state index in [2.05, 4.69) is 130 Å². The van der Waals surface area contributed by atoms with Crippen molar-refractivity contribution in [1.29, 1.82) is 0 Å². The summed E-state index contributed by atoms with van der Waals surface area (Å²) in [7, 11) is 0. The van der Waals surface area contributed by atoms with Gasteiger partial charge in [0.05, 0.1) is 0 Å². The molecule has 0 atom stereocenters. The predicted octanol–water partition coefficient (Wildman–Crippen LogP) is 8.40. The van der Waals surface area contributed by atoms with Crippen LogP contribution < -0.4 is 6.64 Å². The summed E-state index contributed by atoms with van der Waals surface area (Å²) in [5.41, 5.74) is 11.9. The second-order valence-electron chi connectivity index (χ2n) is 10.9. The van der Waals surface area contributed by atoms with Crippen LogP contribution in [0.2, 0.25) is 0 Å². The Morgan fingerprint density at radius 1 is 0.476 bits per heavy atom. The van der Waals surface area contributed by atoms with Gasteiger partial charge in [-0.3, -0.25) is 0 Å². The minimum atomic E-state index is -2.05. The molecular weight excluding hydrogens is 884 g/mol. The summed E-state index contributed by atoms with van der Waals surface area (Å²) in [6.07, 6.45) is 18.0. The molecule has 0 nitrogen and oxygen atoms in total. The molecule has 0 saturated heterocycles. The summed E-state index contributed by atoms with van der Waals surface area (Å²) in [5.74, 6) is 0. The van der Waals surface area contributed by atoms with Crippen molar-refractivity contribution < 1.29 is 41.9 Å². The molecule has 0 spiro atoms. The van der Waals surface area contributed by atoms with E-state index in [-0.39, 0.29) is 24.8 Å². The molecule has 0 aliphatic heterocycles. The third kappa shape index (κ3) is 5.85. The van der Waals surface area contributed by atoms with Crippen LogP contribution in [-0.2, 0) is 54.8 Å². The Kier molecular flexibility index (Phi) is 10.2. The van der Waals surface area contributed by atoms with Gasteiger partial charge in [0.1, 0.15) is 0 Å². The fourth-order valence-corrected chi connectivity index (χ4v) is 20.2. The first kappa shape index (κ1) is 31.3. The molecule has 0 amide bonds. The van der Waals surface area contributed by atoms with Gasteiger partial charge in [-0.05, 0) is 0 Å². The monoisotopic (exact) mass is 920 g/mol. The topological polar surface area (TPSA) is 0 Å². The number of rotatable bonds is 4. The van der Waals surface area contributed by atoms with E-state index in [0.29, 0.717) is 0 Å². The Hall–Kier alpha value is -2.10. The molecule has 4 aliphatic rings. The molecule has 4 heteroatoms. The summed E-state index contributed by atoms with van der Waals surface area (Å²) in [5, 5.41) is 0. The molecule has 0 N–H and O–H groups in total. The zero-order valence-electron chi connectivity index (χ0n) is 23.6. The van der Waals surface area contributed by atoms with Crippen molar-refractivity contribution in [3.8, 4) is 22.3 Å². The van der Waals surface area contributed by atoms with E-state index in [1.165, 1.54) is 33.4 Å². The second kappa shape index (κ2) is 13.7. The fourth-order valence-electron chi connectivity index (χ4n) is 6.57. The first-order chi connectivity index (χ1) is 19.7. The van der Waals surface area contributed by atoms with Crippen LogP contribution in [0.1, 0.15) is 35.1 Å². The number of halogens is 2. The van der Waals surface area contributed by atoms with E-state index < -0.39 is 41.9 Å².